The van der Waals surface area contributed by atoms with Gasteiger partial charge in [-0.05, 0) is 50.9 Å². The molecule has 0 aliphatic carbocycles. The summed E-state index contributed by atoms with van der Waals surface area (Å²) in [6.07, 6.45) is 1.71. The van der Waals surface area contributed by atoms with Crippen LogP contribution in [-0.2, 0) is 9.59 Å². The van der Waals surface area contributed by atoms with Crippen molar-refractivity contribution in [3.05, 3.63) is 23.8 Å². The summed E-state index contributed by atoms with van der Waals surface area (Å²) in [6, 6.07) is 6.00. The van der Waals surface area contributed by atoms with Gasteiger partial charge in [0.2, 0.25) is 11.8 Å². The number of nitrogens with one attached hydrogen (secondary N) is 3. The quantitative estimate of drug-likeness (QED) is 0.762. The van der Waals surface area contributed by atoms with Crippen LogP contribution in [0.1, 0.15) is 46.1 Å². The van der Waals surface area contributed by atoms with E-state index in [2.05, 4.69) is 22.9 Å². The summed E-state index contributed by atoms with van der Waals surface area (Å²) < 4.78 is 0. The number of amides is 2. The van der Waals surface area contributed by atoms with Crippen molar-refractivity contribution in [2.75, 3.05) is 17.2 Å². The Kier molecular flexibility index (Phi) is 7.44. The first-order chi connectivity index (χ1) is 11.2. The topological polar surface area (TPSA) is 70.2 Å². The molecular formula is C19H30ClN3O2. The lowest BCUT2D eigenvalue weighted by Gasteiger charge is -2.27. The summed E-state index contributed by atoms with van der Waals surface area (Å²) >= 11 is 0. The molecule has 1 aromatic carbocycles. The Morgan fingerprint density at radius 2 is 1.88 bits per heavy atom. The van der Waals surface area contributed by atoms with Gasteiger partial charge in [-0.25, -0.2) is 0 Å². The number of anilines is 2. The van der Waals surface area contributed by atoms with Gasteiger partial charge in [0, 0.05) is 28.7 Å². The molecule has 0 bridgehead atoms. The number of hydrogen-bond acceptors (Lipinski definition) is 3. The van der Waals surface area contributed by atoms with Crippen molar-refractivity contribution in [1.29, 1.82) is 0 Å². The van der Waals surface area contributed by atoms with Gasteiger partial charge in [-0.2, -0.15) is 0 Å². The molecule has 1 heterocycles. The Hall–Kier alpha value is -1.59. The lowest BCUT2D eigenvalue weighted by molar-refractivity contribution is -0.123. The van der Waals surface area contributed by atoms with Crippen LogP contribution in [0.2, 0.25) is 0 Å². The third-order valence-corrected chi connectivity index (χ3v) is 4.43. The van der Waals surface area contributed by atoms with E-state index in [1.165, 1.54) is 0 Å². The van der Waals surface area contributed by atoms with Gasteiger partial charge >= 0.3 is 0 Å². The molecule has 1 fully saturated rings. The maximum atomic E-state index is 12.5. The molecule has 1 aliphatic rings. The molecule has 0 radical (unpaired) electrons. The highest BCUT2D eigenvalue weighted by atomic mass is 35.5. The molecular weight excluding hydrogens is 338 g/mol. The van der Waals surface area contributed by atoms with Crippen LogP contribution in [0, 0.1) is 18.3 Å². The molecule has 0 saturated carbocycles. The lowest BCUT2D eigenvalue weighted by atomic mass is 9.92. The van der Waals surface area contributed by atoms with E-state index in [0.29, 0.717) is 6.04 Å². The monoisotopic (exact) mass is 367 g/mol. The van der Waals surface area contributed by atoms with Crippen LogP contribution >= 0.6 is 12.4 Å². The van der Waals surface area contributed by atoms with Crippen LogP contribution in [-0.4, -0.2) is 24.4 Å². The molecule has 3 N–H and O–H groups in total. The van der Waals surface area contributed by atoms with Crippen molar-refractivity contribution in [2.45, 2.75) is 53.5 Å². The standard InChI is InChI=1S/C19H29N3O2.ClH/c1-12-6-7-15(11-16(12)22-18(24)19(3,4)5)21-17(23)14-8-9-20-13(2)10-14;/h6-7,11,13-14,20H,8-10H2,1-5H3,(H,21,23)(H,22,24);1H/t13-,14-;/m0./s1. The fourth-order valence-electron chi connectivity index (χ4n) is 2.76. The van der Waals surface area contributed by atoms with Crippen molar-refractivity contribution >= 4 is 35.6 Å². The number of benzene rings is 1. The number of carbonyl (C=O) groups is 2. The van der Waals surface area contributed by atoms with E-state index in [1.54, 1.807) is 0 Å². The Balaban J connectivity index is 0.00000312. The minimum absolute atomic E-state index is 0. The maximum absolute atomic E-state index is 12.5. The number of halogens is 1. The van der Waals surface area contributed by atoms with E-state index in [0.717, 1.165) is 36.3 Å². The van der Waals surface area contributed by atoms with Crippen LogP contribution in [0.15, 0.2) is 18.2 Å². The highest BCUT2D eigenvalue weighted by molar-refractivity contribution is 5.97. The summed E-state index contributed by atoms with van der Waals surface area (Å²) in [5, 5.41) is 9.30. The fraction of sp³-hybridized carbons (Fsp3) is 0.579. The van der Waals surface area contributed by atoms with Gasteiger partial charge in [-0.3, -0.25) is 9.59 Å². The average Bonchev–Trinajstić information content (AvgIpc) is 2.49. The second-order valence-electron chi connectivity index (χ2n) is 7.80. The summed E-state index contributed by atoms with van der Waals surface area (Å²) in [7, 11) is 0. The molecule has 25 heavy (non-hydrogen) atoms. The zero-order chi connectivity index (χ0) is 17.9. The molecule has 1 aliphatic heterocycles. The third-order valence-electron chi connectivity index (χ3n) is 4.43. The first kappa shape index (κ1) is 21.5. The highest BCUT2D eigenvalue weighted by Gasteiger charge is 2.25. The molecule has 6 heteroatoms. The Labute approximate surface area is 156 Å². The molecule has 2 rings (SSSR count). The third kappa shape index (κ3) is 6.01. The van der Waals surface area contributed by atoms with Gasteiger partial charge in [0.25, 0.3) is 0 Å². The van der Waals surface area contributed by atoms with Crippen LogP contribution in [0.3, 0.4) is 0 Å². The molecule has 0 unspecified atom stereocenters. The summed E-state index contributed by atoms with van der Waals surface area (Å²) in [5.41, 5.74) is 1.98. The van der Waals surface area contributed by atoms with Crippen LogP contribution < -0.4 is 16.0 Å². The molecule has 0 spiro atoms. The minimum atomic E-state index is -0.461. The molecule has 1 aromatic rings. The van der Waals surface area contributed by atoms with E-state index in [1.807, 2.05) is 45.9 Å². The van der Waals surface area contributed by atoms with Crippen LogP contribution in [0.5, 0.6) is 0 Å². The largest absolute Gasteiger partial charge is 0.326 e. The van der Waals surface area contributed by atoms with Gasteiger partial charge in [-0.15, -0.1) is 12.4 Å². The summed E-state index contributed by atoms with van der Waals surface area (Å²) in [6.45, 7) is 10.6. The fourth-order valence-corrected chi connectivity index (χ4v) is 2.76. The second-order valence-corrected chi connectivity index (χ2v) is 7.80. The number of carbonyl (C=O) groups excluding carboxylic acids is 2. The summed E-state index contributed by atoms with van der Waals surface area (Å²) in [4.78, 5) is 24.7. The van der Waals surface area contributed by atoms with Crippen molar-refractivity contribution < 1.29 is 9.59 Å². The average molecular weight is 368 g/mol. The van der Waals surface area contributed by atoms with Crippen molar-refractivity contribution in [1.82, 2.24) is 5.32 Å². The van der Waals surface area contributed by atoms with E-state index in [9.17, 15) is 9.59 Å². The SMILES string of the molecule is Cc1ccc(NC(=O)[C@H]2CCN[C@@H](C)C2)cc1NC(=O)C(C)(C)C.Cl. The van der Waals surface area contributed by atoms with E-state index in [4.69, 9.17) is 0 Å². The van der Waals surface area contributed by atoms with Gasteiger partial charge in [0.05, 0.1) is 0 Å². The van der Waals surface area contributed by atoms with Crippen molar-refractivity contribution in [2.24, 2.45) is 11.3 Å². The van der Waals surface area contributed by atoms with E-state index >= 15 is 0 Å². The van der Waals surface area contributed by atoms with Gasteiger partial charge < -0.3 is 16.0 Å². The Bertz CT molecular complexity index is 626. The second kappa shape index (κ2) is 8.68. The Morgan fingerprint density at radius 3 is 2.48 bits per heavy atom. The maximum Gasteiger partial charge on any atom is 0.229 e. The normalized spacial score (nSPS) is 20.4. The number of aryl methyl sites for hydroxylation is 1. The molecule has 2 atom stereocenters. The molecule has 5 nitrogen and oxygen atoms in total. The zero-order valence-electron chi connectivity index (χ0n) is 15.7. The predicted octanol–water partition coefficient (Wildman–Crippen LogP) is 3.73. The van der Waals surface area contributed by atoms with E-state index < -0.39 is 5.41 Å². The molecule has 1 saturated heterocycles. The van der Waals surface area contributed by atoms with Gasteiger partial charge in [0.1, 0.15) is 0 Å². The molecule has 140 valence electrons. The minimum Gasteiger partial charge on any atom is -0.326 e. The number of rotatable bonds is 3. The van der Waals surface area contributed by atoms with Crippen LogP contribution in [0.25, 0.3) is 0 Å². The predicted molar refractivity (Wildman–Crippen MR) is 105 cm³/mol. The zero-order valence-corrected chi connectivity index (χ0v) is 16.5. The van der Waals surface area contributed by atoms with Crippen LogP contribution in [0.4, 0.5) is 11.4 Å². The van der Waals surface area contributed by atoms with E-state index in [-0.39, 0.29) is 30.1 Å². The lowest BCUT2D eigenvalue weighted by Crippen LogP contribution is -2.40. The molecule has 2 amide bonds. The molecule has 0 aromatic heterocycles. The first-order valence-corrected chi connectivity index (χ1v) is 8.63. The number of hydrogen-bond donors (Lipinski definition) is 3. The highest BCUT2D eigenvalue weighted by Crippen LogP contribution is 2.25. The van der Waals surface area contributed by atoms with Gasteiger partial charge in [0.15, 0.2) is 0 Å². The van der Waals surface area contributed by atoms with Gasteiger partial charge in [-0.1, -0.05) is 26.8 Å². The van der Waals surface area contributed by atoms with Crippen molar-refractivity contribution in [3.63, 3.8) is 0 Å². The smallest absolute Gasteiger partial charge is 0.229 e. The first-order valence-electron chi connectivity index (χ1n) is 8.63. The van der Waals surface area contributed by atoms with Crippen molar-refractivity contribution in [3.8, 4) is 0 Å². The number of piperidine rings is 1. The summed E-state index contributed by atoms with van der Waals surface area (Å²) in [5.74, 6) is 0.0525. The Morgan fingerprint density at radius 1 is 1.20 bits per heavy atom.